The molecular formula is C21H25FN4O3. The highest BCUT2D eigenvalue weighted by atomic mass is 19.1. The lowest BCUT2D eigenvalue weighted by Gasteiger charge is -2.35. The van der Waals surface area contributed by atoms with Crippen molar-refractivity contribution < 1.29 is 18.7 Å². The number of anilines is 1. The van der Waals surface area contributed by atoms with Gasteiger partial charge < -0.3 is 20.5 Å². The number of nitrogens with one attached hydrogen (secondary N) is 1. The number of halogens is 1. The van der Waals surface area contributed by atoms with Crippen molar-refractivity contribution in [3.05, 3.63) is 47.9 Å². The van der Waals surface area contributed by atoms with Gasteiger partial charge in [0, 0.05) is 19.3 Å². The molecule has 0 aliphatic carbocycles. The number of nitrogens with two attached hydrogens (primary N) is 1. The maximum Gasteiger partial charge on any atom is 0.255 e. The van der Waals surface area contributed by atoms with E-state index < -0.39 is 5.82 Å². The van der Waals surface area contributed by atoms with E-state index in [1.807, 2.05) is 0 Å². The molecule has 1 aromatic heterocycles. The lowest BCUT2D eigenvalue weighted by atomic mass is 9.96. The second kappa shape index (κ2) is 8.65. The SMILES string of the molecule is Nc1ncccc1C(=O)NCC1CCN(CC2COc3cccc(F)c3O2)CC1. The van der Waals surface area contributed by atoms with Crippen LogP contribution >= 0.6 is 0 Å². The first-order valence-electron chi connectivity index (χ1n) is 9.89. The molecule has 1 atom stereocenters. The number of likely N-dealkylation sites (tertiary alicyclic amines) is 1. The highest BCUT2D eigenvalue weighted by molar-refractivity contribution is 5.98. The van der Waals surface area contributed by atoms with Crippen molar-refractivity contribution in [2.24, 2.45) is 5.92 Å². The molecule has 0 bridgehead atoms. The summed E-state index contributed by atoms with van der Waals surface area (Å²) < 4.78 is 25.4. The second-order valence-corrected chi connectivity index (χ2v) is 7.51. The van der Waals surface area contributed by atoms with Crippen LogP contribution in [0.4, 0.5) is 10.2 Å². The first kappa shape index (κ1) is 19.4. The van der Waals surface area contributed by atoms with Gasteiger partial charge in [-0.25, -0.2) is 9.37 Å². The van der Waals surface area contributed by atoms with Crippen molar-refractivity contribution in [1.82, 2.24) is 15.2 Å². The number of benzene rings is 1. The summed E-state index contributed by atoms with van der Waals surface area (Å²) in [7, 11) is 0. The minimum absolute atomic E-state index is 0.188. The molecule has 1 saturated heterocycles. The Morgan fingerprint density at radius 1 is 1.28 bits per heavy atom. The van der Waals surface area contributed by atoms with Crippen LogP contribution in [0.1, 0.15) is 23.2 Å². The van der Waals surface area contributed by atoms with Crippen LogP contribution in [0, 0.1) is 11.7 Å². The number of piperidine rings is 1. The van der Waals surface area contributed by atoms with Crippen molar-refractivity contribution in [2.45, 2.75) is 18.9 Å². The van der Waals surface area contributed by atoms with E-state index in [9.17, 15) is 9.18 Å². The van der Waals surface area contributed by atoms with E-state index in [1.165, 1.54) is 6.07 Å². The van der Waals surface area contributed by atoms with Crippen LogP contribution in [0.5, 0.6) is 11.5 Å². The summed E-state index contributed by atoms with van der Waals surface area (Å²) in [5.41, 5.74) is 6.16. The summed E-state index contributed by atoms with van der Waals surface area (Å²) in [5, 5.41) is 2.96. The van der Waals surface area contributed by atoms with Crippen LogP contribution in [-0.4, -0.2) is 54.7 Å². The minimum atomic E-state index is -0.393. The number of aromatic nitrogens is 1. The fourth-order valence-electron chi connectivity index (χ4n) is 3.79. The third kappa shape index (κ3) is 4.59. The predicted molar refractivity (Wildman–Crippen MR) is 106 cm³/mol. The highest BCUT2D eigenvalue weighted by Crippen LogP contribution is 2.34. The zero-order valence-electron chi connectivity index (χ0n) is 16.1. The van der Waals surface area contributed by atoms with Crippen molar-refractivity contribution in [2.75, 3.05) is 38.5 Å². The Morgan fingerprint density at radius 2 is 2.10 bits per heavy atom. The molecule has 0 radical (unpaired) electrons. The highest BCUT2D eigenvalue weighted by Gasteiger charge is 2.28. The van der Waals surface area contributed by atoms with Gasteiger partial charge in [-0.2, -0.15) is 0 Å². The average Bonchev–Trinajstić information content (AvgIpc) is 2.74. The van der Waals surface area contributed by atoms with Gasteiger partial charge in [-0.3, -0.25) is 9.69 Å². The molecule has 0 saturated carbocycles. The molecule has 1 fully saturated rings. The molecule has 2 aliphatic rings. The van der Waals surface area contributed by atoms with Crippen molar-refractivity contribution in [3.8, 4) is 11.5 Å². The van der Waals surface area contributed by atoms with Crippen LogP contribution in [0.15, 0.2) is 36.5 Å². The molecule has 7 nitrogen and oxygen atoms in total. The van der Waals surface area contributed by atoms with E-state index in [4.69, 9.17) is 15.2 Å². The molecule has 3 N–H and O–H groups in total. The number of nitrogens with zero attached hydrogens (tertiary/aromatic N) is 2. The van der Waals surface area contributed by atoms with Gasteiger partial charge in [0.25, 0.3) is 5.91 Å². The molecule has 1 amide bonds. The zero-order valence-corrected chi connectivity index (χ0v) is 16.1. The van der Waals surface area contributed by atoms with Gasteiger partial charge in [0.1, 0.15) is 18.5 Å². The fraction of sp³-hybridized carbons (Fsp3) is 0.429. The molecule has 2 aliphatic heterocycles. The average molecular weight is 400 g/mol. The Kier molecular flexibility index (Phi) is 5.80. The number of carbonyl (C=O) groups excluding carboxylic acids is 1. The number of nitrogen functional groups attached to an aromatic ring is 1. The number of amides is 1. The van der Waals surface area contributed by atoms with E-state index >= 15 is 0 Å². The van der Waals surface area contributed by atoms with E-state index in [1.54, 1.807) is 30.5 Å². The molecule has 0 spiro atoms. The normalized spacial score (nSPS) is 19.7. The molecular weight excluding hydrogens is 375 g/mol. The van der Waals surface area contributed by atoms with Gasteiger partial charge in [0.05, 0.1) is 5.56 Å². The Labute approximate surface area is 169 Å². The largest absolute Gasteiger partial charge is 0.486 e. The summed E-state index contributed by atoms with van der Waals surface area (Å²) in [6, 6.07) is 8.08. The van der Waals surface area contributed by atoms with Gasteiger partial charge in [0.2, 0.25) is 0 Å². The van der Waals surface area contributed by atoms with E-state index in [2.05, 4.69) is 15.2 Å². The first-order valence-corrected chi connectivity index (χ1v) is 9.89. The Balaban J connectivity index is 1.22. The number of hydrogen-bond acceptors (Lipinski definition) is 6. The summed E-state index contributed by atoms with van der Waals surface area (Å²) in [4.78, 5) is 18.5. The summed E-state index contributed by atoms with van der Waals surface area (Å²) >= 11 is 0. The van der Waals surface area contributed by atoms with Crippen molar-refractivity contribution >= 4 is 11.7 Å². The Bertz CT molecular complexity index is 871. The Hall–Kier alpha value is -2.87. The number of carbonyl (C=O) groups is 1. The zero-order chi connectivity index (χ0) is 20.2. The maximum absolute atomic E-state index is 13.9. The number of ether oxygens (including phenoxy) is 2. The van der Waals surface area contributed by atoms with Crippen LogP contribution in [-0.2, 0) is 0 Å². The van der Waals surface area contributed by atoms with Gasteiger partial charge in [-0.1, -0.05) is 6.07 Å². The molecule has 29 heavy (non-hydrogen) atoms. The van der Waals surface area contributed by atoms with Gasteiger partial charge in [0.15, 0.2) is 17.3 Å². The molecule has 154 valence electrons. The third-order valence-corrected chi connectivity index (χ3v) is 5.44. The quantitative estimate of drug-likeness (QED) is 0.799. The monoisotopic (exact) mass is 400 g/mol. The van der Waals surface area contributed by atoms with E-state index in [0.29, 0.717) is 36.9 Å². The van der Waals surface area contributed by atoms with Crippen LogP contribution in [0.2, 0.25) is 0 Å². The van der Waals surface area contributed by atoms with Gasteiger partial charge in [-0.05, 0) is 56.1 Å². The van der Waals surface area contributed by atoms with Crippen LogP contribution < -0.4 is 20.5 Å². The van der Waals surface area contributed by atoms with Crippen LogP contribution in [0.25, 0.3) is 0 Å². The minimum Gasteiger partial charge on any atom is -0.486 e. The van der Waals surface area contributed by atoms with Crippen LogP contribution in [0.3, 0.4) is 0 Å². The molecule has 1 unspecified atom stereocenters. The summed E-state index contributed by atoms with van der Waals surface area (Å²) in [5.74, 6) is 0.741. The topological polar surface area (TPSA) is 89.7 Å². The third-order valence-electron chi connectivity index (χ3n) is 5.44. The second-order valence-electron chi connectivity index (χ2n) is 7.51. The molecule has 4 rings (SSSR count). The molecule has 8 heteroatoms. The Morgan fingerprint density at radius 3 is 2.90 bits per heavy atom. The molecule has 1 aromatic carbocycles. The summed E-state index contributed by atoms with van der Waals surface area (Å²) in [6.45, 7) is 3.53. The lowest BCUT2D eigenvalue weighted by Crippen LogP contribution is -2.45. The van der Waals surface area contributed by atoms with E-state index in [-0.39, 0.29) is 23.6 Å². The fourth-order valence-corrected chi connectivity index (χ4v) is 3.79. The predicted octanol–water partition coefficient (Wildman–Crippen LogP) is 2.08. The number of fused-ring (bicyclic) bond motifs is 1. The van der Waals surface area contributed by atoms with Crippen molar-refractivity contribution in [3.63, 3.8) is 0 Å². The first-order chi connectivity index (χ1) is 14.1. The standard InChI is InChI=1S/C21H25FN4O3/c22-17-4-1-5-18-19(17)29-15(13-28-18)12-26-9-6-14(7-10-26)11-25-21(27)16-3-2-8-24-20(16)23/h1-5,8,14-15H,6-7,9-13H2,(H2,23,24)(H,25,27). The van der Waals surface area contributed by atoms with E-state index in [0.717, 1.165) is 25.9 Å². The molecule has 2 aromatic rings. The maximum atomic E-state index is 13.9. The lowest BCUT2D eigenvalue weighted by molar-refractivity contribution is 0.0442. The molecule has 3 heterocycles. The van der Waals surface area contributed by atoms with Gasteiger partial charge >= 0.3 is 0 Å². The van der Waals surface area contributed by atoms with Crippen molar-refractivity contribution in [1.29, 1.82) is 0 Å². The van der Waals surface area contributed by atoms with Gasteiger partial charge in [-0.15, -0.1) is 0 Å². The number of para-hydroxylation sites is 1. The number of hydrogen-bond donors (Lipinski definition) is 2. The summed E-state index contributed by atoms with van der Waals surface area (Å²) in [6.07, 6.45) is 3.32. The smallest absolute Gasteiger partial charge is 0.255 e. The number of rotatable bonds is 5. The number of pyridine rings is 1.